The Labute approximate surface area is 159 Å². The second kappa shape index (κ2) is 8.02. The molecule has 0 unspecified atom stereocenters. The van der Waals surface area contributed by atoms with Gasteiger partial charge in [0.25, 0.3) is 0 Å². The van der Waals surface area contributed by atoms with Crippen LogP contribution in [0.1, 0.15) is 11.1 Å². The van der Waals surface area contributed by atoms with E-state index in [0.29, 0.717) is 23.2 Å². The lowest BCUT2D eigenvalue weighted by Gasteiger charge is -2.20. The Balaban J connectivity index is 2.42. The molecule has 0 aliphatic rings. The van der Waals surface area contributed by atoms with Crippen LogP contribution in [0.5, 0.6) is 0 Å². The van der Waals surface area contributed by atoms with E-state index in [4.69, 9.17) is 5.14 Å². The van der Waals surface area contributed by atoms with E-state index in [9.17, 15) is 13.5 Å². The molecule has 0 spiro atoms. The molecule has 3 aromatic carbocycles. The van der Waals surface area contributed by atoms with Crippen LogP contribution < -0.4 is 10.5 Å². The third kappa shape index (κ3) is 3.94. The number of sulfonamides is 1. The van der Waals surface area contributed by atoms with Gasteiger partial charge in [-0.15, -0.1) is 0 Å². The summed E-state index contributed by atoms with van der Waals surface area (Å²) < 4.78 is 24.4. The SMILES string of the molecule is CNCc1ccc(-c2ccccc2)c(-c2ccccc2S(N)(=O)=O)c1CO. The molecule has 0 fully saturated rings. The van der Waals surface area contributed by atoms with Crippen molar-refractivity contribution in [3.63, 3.8) is 0 Å². The van der Waals surface area contributed by atoms with Crippen molar-refractivity contribution < 1.29 is 13.5 Å². The number of primary sulfonamides is 1. The van der Waals surface area contributed by atoms with Crippen molar-refractivity contribution in [2.24, 2.45) is 5.14 Å². The Morgan fingerprint density at radius 3 is 2.22 bits per heavy atom. The van der Waals surface area contributed by atoms with Gasteiger partial charge in [-0.05, 0) is 40.9 Å². The van der Waals surface area contributed by atoms with Gasteiger partial charge in [0.15, 0.2) is 0 Å². The van der Waals surface area contributed by atoms with Crippen molar-refractivity contribution in [1.82, 2.24) is 5.32 Å². The van der Waals surface area contributed by atoms with E-state index in [1.165, 1.54) is 6.07 Å². The van der Waals surface area contributed by atoms with E-state index < -0.39 is 10.0 Å². The normalized spacial score (nSPS) is 11.5. The predicted octanol–water partition coefficient (Wildman–Crippen LogP) is 2.88. The molecule has 0 aliphatic carbocycles. The largest absolute Gasteiger partial charge is 0.392 e. The Kier molecular flexibility index (Phi) is 5.72. The maximum absolute atomic E-state index is 12.2. The van der Waals surface area contributed by atoms with E-state index in [0.717, 1.165) is 16.7 Å². The van der Waals surface area contributed by atoms with Crippen LogP contribution in [0.3, 0.4) is 0 Å². The van der Waals surface area contributed by atoms with E-state index in [2.05, 4.69) is 5.32 Å². The topological polar surface area (TPSA) is 92.4 Å². The average Bonchev–Trinajstić information content (AvgIpc) is 2.68. The van der Waals surface area contributed by atoms with Crippen LogP contribution in [0.2, 0.25) is 0 Å². The van der Waals surface area contributed by atoms with Crippen molar-refractivity contribution in [2.75, 3.05) is 7.05 Å². The summed E-state index contributed by atoms with van der Waals surface area (Å²) in [5, 5.41) is 18.7. The summed E-state index contributed by atoms with van der Waals surface area (Å²) >= 11 is 0. The maximum Gasteiger partial charge on any atom is 0.238 e. The number of benzene rings is 3. The van der Waals surface area contributed by atoms with Crippen LogP contribution >= 0.6 is 0 Å². The van der Waals surface area contributed by atoms with Crippen LogP contribution in [0.15, 0.2) is 71.6 Å². The molecule has 4 N–H and O–H groups in total. The smallest absolute Gasteiger partial charge is 0.238 e. The van der Waals surface area contributed by atoms with Gasteiger partial charge in [-0.1, -0.05) is 60.7 Å². The molecule has 0 aliphatic heterocycles. The highest BCUT2D eigenvalue weighted by Crippen LogP contribution is 2.39. The van der Waals surface area contributed by atoms with Crippen molar-refractivity contribution in [3.05, 3.63) is 77.9 Å². The average molecular weight is 382 g/mol. The van der Waals surface area contributed by atoms with Gasteiger partial charge in [0.1, 0.15) is 0 Å². The fourth-order valence-electron chi connectivity index (χ4n) is 3.31. The summed E-state index contributed by atoms with van der Waals surface area (Å²) in [6.07, 6.45) is 0. The molecular formula is C21H22N2O3S. The zero-order chi connectivity index (χ0) is 19.4. The molecule has 0 saturated carbocycles. The molecule has 27 heavy (non-hydrogen) atoms. The number of hydrogen-bond donors (Lipinski definition) is 3. The summed E-state index contributed by atoms with van der Waals surface area (Å²) in [5.41, 5.74) is 4.53. The van der Waals surface area contributed by atoms with Crippen LogP contribution in [-0.2, 0) is 23.2 Å². The van der Waals surface area contributed by atoms with Crippen molar-refractivity contribution in [1.29, 1.82) is 0 Å². The highest BCUT2D eigenvalue weighted by molar-refractivity contribution is 7.89. The quantitative estimate of drug-likeness (QED) is 0.611. The van der Waals surface area contributed by atoms with Crippen LogP contribution in [-0.4, -0.2) is 20.6 Å². The highest BCUT2D eigenvalue weighted by Gasteiger charge is 2.21. The number of aliphatic hydroxyl groups is 1. The third-order valence-electron chi connectivity index (χ3n) is 4.48. The molecular weight excluding hydrogens is 360 g/mol. The standard InChI is InChI=1S/C21H22N2O3S/c1-23-13-16-11-12-17(15-7-3-2-4-8-15)21(19(16)14-24)18-9-5-6-10-20(18)27(22,25)26/h2-12,23-24H,13-14H2,1H3,(H2,22,25,26). The number of aliphatic hydroxyl groups excluding tert-OH is 1. The second-order valence-electron chi connectivity index (χ2n) is 6.22. The molecule has 0 saturated heterocycles. The maximum atomic E-state index is 12.2. The number of nitrogens with one attached hydrogen (secondary N) is 1. The molecule has 3 rings (SSSR count). The summed E-state index contributed by atoms with van der Waals surface area (Å²) in [4.78, 5) is 0.0403. The van der Waals surface area contributed by atoms with E-state index >= 15 is 0 Å². The monoisotopic (exact) mass is 382 g/mol. The minimum absolute atomic E-state index is 0.0403. The second-order valence-corrected chi connectivity index (χ2v) is 7.75. The van der Waals surface area contributed by atoms with Crippen LogP contribution in [0.4, 0.5) is 0 Å². The van der Waals surface area contributed by atoms with Gasteiger partial charge in [-0.3, -0.25) is 0 Å². The third-order valence-corrected chi connectivity index (χ3v) is 5.45. The number of rotatable bonds is 6. The fourth-order valence-corrected chi connectivity index (χ4v) is 4.06. The fraction of sp³-hybridized carbons (Fsp3) is 0.143. The number of hydrogen-bond acceptors (Lipinski definition) is 4. The first-order valence-electron chi connectivity index (χ1n) is 8.55. The van der Waals surface area contributed by atoms with E-state index in [1.54, 1.807) is 18.2 Å². The Hall–Kier alpha value is -2.51. The molecule has 0 atom stereocenters. The lowest BCUT2D eigenvalue weighted by molar-refractivity contribution is 0.281. The van der Waals surface area contributed by atoms with Gasteiger partial charge in [0.05, 0.1) is 11.5 Å². The molecule has 5 nitrogen and oxygen atoms in total. The van der Waals surface area contributed by atoms with Gasteiger partial charge < -0.3 is 10.4 Å². The summed E-state index contributed by atoms with van der Waals surface area (Å²) in [5.74, 6) is 0. The Morgan fingerprint density at radius 2 is 1.59 bits per heavy atom. The molecule has 0 bridgehead atoms. The van der Waals surface area contributed by atoms with Gasteiger partial charge in [-0.25, -0.2) is 13.6 Å². The molecule has 0 amide bonds. The van der Waals surface area contributed by atoms with Crippen LogP contribution in [0, 0.1) is 0 Å². The zero-order valence-electron chi connectivity index (χ0n) is 15.0. The lowest BCUT2D eigenvalue weighted by Crippen LogP contribution is -2.14. The van der Waals surface area contributed by atoms with E-state index in [1.807, 2.05) is 49.5 Å². The number of nitrogens with two attached hydrogens (primary N) is 1. The molecule has 3 aromatic rings. The Morgan fingerprint density at radius 1 is 0.926 bits per heavy atom. The van der Waals surface area contributed by atoms with Crippen molar-refractivity contribution >= 4 is 10.0 Å². The van der Waals surface area contributed by atoms with Gasteiger partial charge >= 0.3 is 0 Å². The first kappa shape index (κ1) is 19.3. The minimum atomic E-state index is -3.93. The Bertz CT molecular complexity index is 1050. The van der Waals surface area contributed by atoms with Gasteiger partial charge in [0, 0.05) is 12.1 Å². The lowest BCUT2D eigenvalue weighted by atomic mass is 9.88. The molecule has 0 heterocycles. The van der Waals surface area contributed by atoms with E-state index in [-0.39, 0.29) is 11.5 Å². The highest BCUT2D eigenvalue weighted by atomic mass is 32.2. The van der Waals surface area contributed by atoms with Crippen molar-refractivity contribution in [2.45, 2.75) is 18.0 Å². The summed E-state index contributed by atoms with van der Waals surface area (Å²) in [7, 11) is -2.10. The van der Waals surface area contributed by atoms with Gasteiger partial charge in [0.2, 0.25) is 10.0 Å². The van der Waals surface area contributed by atoms with Crippen LogP contribution in [0.25, 0.3) is 22.3 Å². The summed E-state index contributed by atoms with van der Waals surface area (Å²) in [6.45, 7) is 0.335. The molecule has 0 radical (unpaired) electrons. The molecule has 6 heteroatoms. The molecule has 140 valence electrons. The van der Waals surface area contributed by atoms with Gasteiger partial charge in [-0.2, -0.15) is 0 Å². The van der Waals surface area contributed by atoms with Crippen molar-refractivity contribution in [3.8, 4) is 22.3 Å². The summed E-state index contributed by atoms with van der Waals surface area (Å²) in [6, 6.07) is 20.2. The predicted molar refractivity (Wildman–Crippen MR) is 107 cm³/mol. The zero-order valence-corrected chi connectivity index (χ0v) is 15.8. The first-order chi connectivity index (χ1) is 13.0. The minimum Gasteiger partial charge on any atom is -0.392 e. The molecule has 0 aromatic heterocycles. The first-order valence-corrected chi connectivity index (χ1v) is 10.1.